The van der Waals surface area contributed by atoms with Gasteiger partial charge in [0.05, 0.1) is 17.4 Å². The summed E-state index contributed by atoms with van der Waals surface area (Å²) >= 11 is 5.57. The molecule has 0 unspecified atom stereocenters. The van der Waals surface area contributed by atoms with Crippen molar-refractivity contribution in [2.24, 2.45) is 0 Å². The molecule has 142 valence electrons. The van der Waals surface area contributed by atoms with E-state index < -0.39 is 0 Å². The van der Waals surface area contributed by atoms with E-state index >= 15 is 0 Å². The predicted molar refractivity (Wildman–Crippen MR) is 113 cm³/mol. The van der Waals surface area contributed by atoms with Crippen LogP contribution in [0.4, 0.5) is 5.69 Å². The van der Waals surface area contributed by atoms with E-state index in [-0.39, 0.29) is 5.91 Å². The molecule has 0 atom stereocenters. The van der Waals surface area contributed by atoms with Crippen molar-refractivity contribution >= 4 is 40.0 Å². The fourth-order valence-corrected chi connectivity index (χ4v) is 3.53. The summed E-state index contributed by atoms with van der Waals surface area (Å²) in [5.41, 5.74) is 4.82. The highest BCUT2D eigenvalue weighted by Gasteiger charge is 2.28. The second-order valence-corrected chi connectivity index (χ2v) is 6.98. The molecule has 0 saturated heterocycles. The van der Waals surface area contributed by atoms with Crippen LogP contribution in [0.25, 0.3) is 11.2 Å². The lowest BCUT2D eigenvalue weighted by atomic mass is 10.0. The number of carbonyl (C=O) groups is 1. The van der Waals surface area contributed by atoms with Crippen molar-refractivity contribution in [1.82, 2.24) is 25.2 Å². The van der Waals surface area contributed by atoms with Gasteiger partial charge in [0, 0.05) is 49.7 Å². The van der Waals surface area contributed by atoms with Crippen LogP contribution < -0.4 is 10.6 Å². The third kappa shape index (κ3) is 3.59. The topological polar surface area (TPSA) is 85.9 Å². The maximum absolute atomic E-state index is 12.8. The van der Waals surface area contributed by atoms with Crippen molar-refractivity contribution in [3.63, 3.8) is 0 Å². The number of nitrogens with zero attached hydrogens (tertiary/aromatic N) is 3. The number of hydrogen-bond acceptors (Lipinski definition) is 5. The number of likely N-dealkylation sites (N-methyl/N-ethyl adjacent to an activating group) is 1. The second kappa shape index (κ2) is 7.77. The molecular weight excluding hydrogens is 372 g/mol. The summed E-state index contributed by atoms with van der Waals surface area (Å²) in [6.07, 6.45) is 4.08. The predicted octanol–water partition coefficient (Wildman–Crippen LogP) is 2.60. The van der Waals surface area contributed by atoms with Crippen molar-refractivity contribution in [3.05, 3.63) is 65.8 Å². The van der Waals surface area contributed by atoms with Gasteiger partial charge >= 0.3 is 0 Å². The van der Waals surface area contributed by atoms with Gasteiger partial charge in [-0.25, -0.2) is 9.97 Å². The fraction of sp³-hybridized carbons (Fsp3) is 0.200. The Morgan fingerprint density at radius 3 is 2.89 bits per heavy atom. The number of hydrogen-bond donors (Lipinski definition) is 3. The maximum Gasteiger partial charge on any atom is 0.258 e. The van der Waals surface area contributed by atoms with Crippen molar-refractivity contribution in [1.29, 1.82) is 0 Å². The lowest BCUT2D eigenvalue weighted by molar-refractivity contribution is -0.126. The van der Waals surface area contributed by atoms with Crippen molar-refractivity contribution in [2.75, 3.05) is 18.9 Å². The molecule has 0 bridgehead atoms. The largest absolute Gasteiger partial charge is 0.383 e. The third-order valence-electron chi connectivity index (χ3n) is 4.72. The van der Waals surface area contributed by atoms with E-state index in [4.69, 9.17) is 12.2 Å². The summed E-state index contributed by atoms with van der Waals surface area (Å²) in [4.78, 5) is 26.5. The van der Waals surface area contributed by atoms with Crippen molar-refractivity contribution in [2.45, 2.75) is 13.0 Å². The first-order valence-electron chi connectivity index (χ1n) is 8.99. The molecule has 2 aromatic heterocycles. The highest BCUT2D eigenvalue weighted by Crippen LogP contribution is 2.21. The Morgan fingerprint density at radius 2 is 2.07 bits per heavy atom. The third-order valence-corrected chi connectivity index (χ3v) is 5.03. The molecule has 1 aromatic carbocycles. The minimum atomic E-state index is -0.0800. The normalized spacial score (nSPS) is 14.5. The molecule has 0 saturated carbocycles. The Bertz CT molecular complexity index is 1060. The molecule has 0 spiro atoms. The van der Waals surface area contributed by atoms with E-state index in [9.17, 15) is 4.79 Å². The van der Waals surface area contributed by atoms with Crippen LogP contribution in [0.15, 0.2) is 60.2 Å². The number of H-pyrrole nitrogens is 1. The first-order chi connectivity index (χ1) is 13.6. The molecule has 0 radical (unpaired) electrons. The monoisotopic (exact) mass is 392 g/mol. The maximum atomic E-state index is 12.8. The van der Waals surface area contributed by atoms with Crippen LogP contribution in [0.2, 0.25) is 0 Å². The van der Waals surface area contributed by atoms with E-state index in [2.05, 4.69) is 25.6 Å². The van der Waals surface area contributed by atoms with E-state index in [0.29, 0.717) is 35.7 Å². The van der Waals surface area contributed by atoms with Gasteiger partial charge in [-0.15, -0.1) is 0 Å². The molecule has 7 nitrogen and oxygen atoms in total. The molecule has 0 aliphatic carbocycles. The number of carbonyl (C=O) groups excluding carboxylic acids is 1. The summed E-state index contributed by atoms with van der Waals surface area (Å²) in [7, 11) is 1.79. The summed E-state index contributed by atoms with van der Waals surface area (Å²) < 4.78 is 0. The average molecular weight is 392 g/mol. The number of benzene rings is 1. The number of pyridine rings is 1. The Morgan fingerprint density at radius 1 is 1.25 bits per heavy atom. The lowest BCUT2D eigenvalue weighted by Gasteiger charge is -2.28. The summed E-state index contributed by atoms with van der Waals surface area (Å²) in [6, 6.07) is 11.6. The van der Waals surface area contributed by atoms with Gasteiger partial charge in [0.2, 0.25) is 0 Å². The van der Waals surface area contributed by atoms with Crippen molar-refractivity contribution in [3.8, 4) is 0 Å². The van der Waals surface area contributed by atoms with Gasteiger partial charge in [-0.05, 0) is 18.2 Å². The van der Waals surface area contributed by atoms with Gasteiger partial charge in [-0.3, -0.25) is 4.79 Å². The van der Waals surface area contributed by atoms with E-state index in [0.717, 1.165) is 22.5 Å². The van der Waals surface area contributed by atoms with E-state index in [1.807, 2.05) is 36.4 Å². The van der Waals surface area contributed by atoms with Gasteiger partial charge in [-0.1, -0.05) is 30.4 Å². The number of anilines is 1. The molecule has 1 aliphatic heterocycles. The number of rotatable bonds is 5. The van der Waals surface area contributed by atoms with Gasteiger partial charge in [0.1, 0.15) is 4.99 Å². The van der Waals surface area contributed by atoms with Crippen LogP contribution in [0.5, 0.6) is 0 Å². The first-order valence-corrected chi connectivity index (χ1v) is 9.40. The van der Waals surface area contributed by atoms with Crippen LogP contribution in [0, 0.1) is 0 Å². The van der Waals surface area contributed by atoms with Crippen LogP contribution >= 0.6 is 12.2 Å². The molecule has 3 aromatic rings. The molecule has 4 rings (SSSR count). The molecule has 3 heterocycles. The van der Waals surface area contributed by atoms with Crippen LogP contribution in [-0.4, -0.2) is 44.3 Å². The first kappa shape index (κ1) is 18.1. The van der Waals surface area contributed by atoms with Crippen molar-refractivity contribution < 1.29 is 4.79 Å². The molecule has 3 N–H and O–H groups in total. The highest BCUT2D eigenvalue weighted by atomic mass is 32.1. The number of para-hydroxylation sites is 1. The van der Waals surface area contributed by atoms with Crippen LogP contribution in [-0.2, 0) is 11.3 Å². The fourth-order valence-electron chi connectivity index (χ4n) is 3.20. The number of imidazole rings is 1. The summed E-state index contributed by atoms with van der Waals surface area (Å²) in [6.45, 7) is 1.19. The van der Waals surface area contributed by atoms with Crippen LogP contribution in [0.3, 0.4) is 0 Å². The highest BCUT2D eigenvalue weighted by molar-refractivity contribution is 7.81. The van der Waals surface area contributed by atoms with E-state index in [1.165, 1.54) is 0 Å². The number of aromatic amines is 1. The zero-order valence-electron chi connectivity index (χ0n) is 15.4. The standard InChI is InChI=1S/C20H20N6OS/c1-26-10-8-15(22-11-13-7-9-21-18-17(13)23-12-24-18)16(20(26)27)19(28)25-14-5-3-2-4-6-14/h2-7,9,12,22H,8,10-11H2,1H3,(H,25,28)(H,21,23,24). The zero-order chi connectivity index (χ0) is 19.5. The van der Waals surface area contributed by atoms with Gasteiger partial charge in [0.15, 0.2) is 5.65 Å². The molecule has 8 heteroatoms. The Kier molecular flexibility index (Phi) is 5.03. The van der Waals surface area contributed by atoms with Crippen LogP contribution in [0.1, 0.15) is 12.0 Å². The quantitative estimate of drug-likeness (QED) is 0.579. The zero-order valence-corrected chi connectivity index (χ0v) is 16.2. The molecule has 28 heavy (non-hydrogen) atoms. The number of aromatic nitrogens is 3. The average Bonchev–Trinajstić information content (AvgIpc) is 3.19. The minimum Gasteiger partial charge on any atom is -0.383 e. The number of thiocarbonyl (C=S) groups is 1. The Hall–Kier alpha value is -3.26. The molecule has 1 amide bonds. The smallest absolute Gasteiger partial charge is 0.258 e. The SMILES string of the molecule is CN1CCC(NCc2ccnc3nc[nH]c23)=C(C(=S)Nc2ccccc2)C1=O. The second-order valence-electron chi connectivity index (χ2n) is 6.58. The number of nitrogens with one attached hydrogen (secondary N) is 3. The lowest BCUT2D eigenvalue weighted by Crippen LogP contribution is -2.40. The molecule has 0 fully saturated rings. The van der Waals surface area contributed by atoms with Gasteiger partial charge in [0.25, 0.3) is 5.91 Å². The van der Waals surface area contributed by atoms with Gasteiger partial charge in [-0.2, -0.15) is 0 Å². The Balaban J connectivity index is 1.60. The molecular formula is C20H20N6OS. The summed E-state index contributed by atoms with van der Waals surface area (Å²) in [5.74, 6) is -0.0800. The Labute approximate surface area is 167 Å². The summed E-state index contributed by atoms with van der Waals surface area (Å²) in [5, 5.41) is 6.59. The minimum absolute atomic E-state index is 0.0800. The van der Waals surface area contributed by atoms with E-state index in [1.54, 1.807) is 24.5 Å². The number of amides is 1. The van der Waals surface area contributed by atoms with Gasteiger partial charge < -0.3 is 20.5 Å². The number of fused-ring (bicyclic) bond motifs is 1. The molecule has 1 aliphatic rings.